The van der Waals surface area contributed by atoms with Crippen LogP contribution in [-0.2, 0) is 13.0 Å². The highest BCUT2D eigenvalue weighted by atomic mass is 127. The first-order valence-electron chi connectivity index (χ1n) is 10.2. The molecule has 1 aliphatic rings. The van der Waals surface area contributed by atoms with Gasteiger partial charge in [-0.05, 0) is 37.3 Å². The number of nitrogens with one attached hydrogen (secondary N) is 1. The molecule has 1 aromatic carbocycles. The lowest BCUT2D eigenvalue weighted by Crippen LogP contribution is -2.52. The van der Waals surface area contributed by atoms with Crippen LogP contribution >= 0.6 is 24.0 Å². The molecule has 1 N–H and O–H groups in total. The largest absolute Gasteiger partial charge is 0.497 e. The van der Waals surface area contributed by atoms with E-state index in [2.05, 4.69) is 28.1 Å². The number of piperazine rings is 1. The summed E-state index contributed by atoms with van der Waals surface area (Å²) < 4.78 is 16.3. The molecule has 2 aromatic rings. The number of aliphatic imine (C=N–C) groups is 1. The van der Waals surface area contributed by atoms with Crippen LogP contribution in [0.25, 0.3) is 0 Å². The summed E-state index contributed by atoms with van der Waals surface area (Å²) in [6, 6.07) is 9.88. The van der Waals surface area contributed by atoms with Gasteiger partial charge in [-0.15, -0.1) is 24.0 Å². The lowest BCUT2D eigenvalue weighted by atomic mass is 10.1. The molecule has 2 heterocycles. The van der Waals surface area contributed by atoms with E-state index in [0.717, 1.165) is 81.0 Å². The van der Waals surface area contributed by atoms with Gasteiger partial charge in [0.25, 0.3) is 0 Å². The highest BCUT2D eigenvalue weighted by molar-refractivity contribution is 14.0. The fourth-order valence-corrected chi connectivity index (χ4v) is 3.52. The molecule has 0 aliphatic carbocycles. The number of furan rings is 1. The van der Waals surface area contributed by atoms with Crippen LogP contribution in [0.15, 0.2) is 46.0 Å². The highest BCUT2D eigenvalue weighted by Crippen LogP contribution is 2.25. The number of ether oxygens (including phenoxy) is 2. The Bertz CT molecular complexity index is 775. The lowest BCUT2D eigenvalue weighted by molar-refractivity contribution is 0.171. The van der Waals surface area contributed by atoms with Crippen molar-refractivity contribution in [2.45, 2.75) is 19.9 Å². The molecule has 0 spiro atoms. The number of methoxy groups -OCH3 is 2. The Kier molecular flexibility index (Phi) is 10.3. The van der Waals surface area contributed by atoms with Gasteiger partial charge in [0.2, 0.25) is 0 Å². The minimum atomic E-state index is 0. The number of hydrogen-bond acceptors (Lipinski definition) is 5. The first-order valence-corrected chi connectivity index (χ1v) is 10.2. The number of halogens is 1. The van der Waals surface area contributed by atoms with Gasteiger partial charge >= 0.3 is 0 Å². The molecular formula is C22H33IN4O3. The third kappa shape index (κ3) is 6.80. The van der Waals surface area contributed by atoms with E-state index >= 15 is 0 Å². The van der Waals surface area contributed by atoms with Crippen LogP contribution < -0.4 is 14.8 Å². The summed E-state index contributed by atoms with van der Waals surface area (Å²) in [5, 5.41) is 3.42. The van der Waals surface area contributed by atoms with Gasteiger partial charge < -0.3 is 24.1 Å². The molecule has 0 radical (unpaired) electrons. The van der Waals surface area contributed by atoms with Crippen molar-refractivity contribution >= 4 is 29.9 Å². The third-order valence-electron chi connectivity index (χ3n) is 5.09. The van der Waals surface area contributed by atoms with Crippen LogP contribution in [0.3, 0.4) is 0 Å². The molecule has 0 unspecified atom stereocenters. The quantitative estimate of drug-likeness (QED) is 0.323. The molecule has 3 rings (SSSR count). The van der Waals surface area contributed by atoms with Crippen molar-refractivity contribution < 1.29 is 13.9 Å². The summed E-state index contributed by atoms with van der Waals surface area (Å²) in [5.41, 5.74) is 1.15. The smallest absolute Gasteiger partial charge is 0.194 e. The van der Waals surface area contributed by atoms with E-state index in [1.807, 2.05) is 24.3 Å². The zero-order valence-electron chi connectivity index (χ0n) is 18.1. The second-order valence-electron chi connectivity index (χ2n) is 7.01. The van der Waals surface area contributed by atoms with Crippen molar-refractivity contribution in [3.63, 3.8) is 0 Å². The standard InChI is InChI=1S/C22H32N4O3.HI/c1-4-23-22(24-10-9-19-6-5-15-29-19)26-13-11-25(12-14-26)17-18-16-20(27-2)7-8-21(18)28-3;/h5-8,15-16H,4,9-14,17H2,1-3H3,(H,23,24);1H. The molecule has 0 amide bonds. The van der Waals surface area contributed by atoms with Crippen LogP contribution in [0.2, 0.25) is 0 Å². The summed E-state index contributed by atoms with van der Waals surface area (Å²) in [4.78, 5) is 9.57. The summed E-state index contributed by atoms with van der Waals surface area (Å²) >= 11 is 0. The van der Waals surface area contributed by atoms with Gasteiger partial charge in [-0.3, -0.25) is 9.89 Å². The van der Waals surface area contributed by atoms with E-state index in [1.165, 1.54) is 0 Å². The van der Waals surface area contributed by atoms with Crippen molar-refractivity contribution in [2.24, 2.45) is 4.99 Å². The van der Waals surface area contributed by atoms with E-state index in [0.29, 0.717) is 0 Å². The fourth-order valence-electron chi connectivity index (χ4n) is 3.52. The van der Waals surface area contributed by atoms with Gasteiger partial charge in [0.1, 0.15) is 17.3 Å². The van der Waals surface area contributed by atoms with E-state index in [1.54, 1.807) is 20.5 Å². The molecule has 166 valence electrons. The van der Waals surface area contributed by atoms with Crippen molar-refractivity contribution in [1.29, 1.82) is 0 Å². The number of hydrogen-bond donors (Lipinski definition) is 1. The van der Waals surface area contributed by atoms with E-state index in [4.69, 9.17) is 18.9 Å². The van der Waals surface area contributed by atoms with Crippen molar-refractivity contribution in [1.82, 2.24) is 15.1 Å². The fraction of sp³-hybridized carbons (Fsp3) is 0.500. The third-order valence-corrected chi connectivity index (χ3v) is 5.09. The van der Waals surface area contributed by atoms with Gasteiger partial charge in [-0.1, -0.05) is 0 Å². The molecule has 30 heavy (non-hydrogen) atoms. The Hall–Kier alpha value is -1.94. The summed E-state index contributed by atoms with van der Waals surface area (Å²) in [6.07, 6.45) is 2.53. The van der Waals surface area contributed by atoms with E-state index < -0.39 is 0 Å². The maximum atomic E-state index is 5.52. The van der Waals surface area contributed by atoms with Gasteiger partial charge in [0.15, 0.2) is 5.96 Å². The summed E-state index contributed by atoms with van der Waals surface area (Å²) in [6.45, 7) is 8.37. The second-order valence-corrected chi connectivity index (χ2v) is 7.01. The highest BCUT2D eigenvalue weighted by Gasteiger charge is 2.20. The first-order chi connectivity index (χ1) is 14.2. The Balaban J connectivity index is 0.00000320. The van der Waals surface area contributed by atoms with Crippen LogP contribution in [0.5, 0.6) is 11.5 Å². The minimum absolute atomic E-state index is 0. The molecule has 0 atom stereocenters. The predicted octanol–water partition coefficient (Wildman–Crippen LogP) is 3.24. The number of nitrogens with zero attached hydrogens (tertiary/aromatic N) is 3. The predicted molar refractivity (Wildman–Crippen MR) is 130 cm³/mol. The molecule has 1 fully saturated rings. The number of benzene rings is 1. The Morgan fingerprint density at radius 1 is 1.13 bits per heavy atom. The van der Waals surface area contributed by atoms with Gasteiger partial charge in [0, 0.05) is 57.8 Å². The topological polar surface area (TPSA) is 62.5 Å². The maximum absolute atomic E-state index is 5.52. The average molecular weight is 528 g/mol. The second kappa shape index (κ2) is 12.7. The monoisotopic (exact) mass is 528 g/mol. The zero-order chi connectivity index (χ0) is 20.5. The van der Waals surface area contributed by atoms with Gasteiger partial charge in [0.05, 0.1) is 20.5 Å². The van der Waals surface area contributed by atoms with Gasteiger partial charge in [-0.25, -0.2) is 0 Å². The Morgan fingerprint density at radius 2 is 1.93 bits per heavy atom. The van der Waals surface area contributed by atoms with Crippen LogP contribution in [0, 0.1) is 0 Å². The molecule has 7 nitrogen and oxygen atoms in total. The summed E-state index contributed by atoms with van der Waals surface area (Å²) in [7, 11) is 3.41. The molecule has 8 heteroatoms. The van der Waals surface area contributed by atoms with E-state index in [9.17, 15) is 0 Å². The number of rotatable bonds is 8. The average Bonchev–Trinajstić information content (AvgIpc) is 3.27. The Morgan fingerprint density at radius 3 is 2.57 bits per heavy atom. The van der Waals surface area contributed by atoms with E-state index in [-0.39, 0.29) is 24.0 Å². The minimum Gasteiger partial charge on any atom is -0.497 e. The van der Waals surface area contributed by atoms with Crippen molar-refractivity contribution in [2.75, 3.05) is 53.5 Å². The summed E-state index contributed by atoms with van der Waals surface area (Å²) in [5.74, 6) is 3.72. The molecular weight excluding hydrogens is 495 g/mol. The molecule has 1 aromatic heterocycles. The zero-order valence-corrected chi connectivity index (χ0v) is 20.4. The van der Waals surface area contributed by atoms with Crippen molar-refractivity contribution in [3.8, 4) is 11.5 Å². The van der Waals surface area contributed by atoms with Crippen LogP contribution in [0.4, 0.5) is 0 Å². The SMILES string of the molecule is CCNC(=NCCc1ccco1)N1CCN(Cc2cc(OC)ccc2OC)CC1.I. The number of guanidine groups is 1. The molecule has 1 saturated heterocycles. The molecule has 0 saturated carbocycles. The maximum Gasteiger partial charge on any atom is 0.194 e. The van der Waals surface area contributed by atoms with Gasteiger partial charge in [-0.2, -0.15) is 0 Å². The lowest BCUT2D eigenvalue weighted by Gasteiger charge is -2.36. The van der Waals surface area contributed by atoms with Crippen molar-refractivity contribution in [3.05, 3.63) is 47.9 Å². The van der Waals surface area contributed by atoms with Crippen LogP contribution in [0.1, 0.15) is 18.2 Å². The normalized spacial score (nSPS) is 14.9. The Labute approximate surface area is 196 Å². The molecule has 0 bridgehead atoms. The first kappa shape index (κ1) is 24.3. The molecule has 1 aliphatic heterocycles. The van der Waals surface area contributed by atoms with Crippen LogP contribution in [-0.4, -0.2) is 69.2 Å².